The van der Waals surface area contributed by atoms with Gasteiger partial charge in [0.2, 0.25) is 0 Å². The van der Waals surface area contributed by atoms with Crippen LogP contribution in [0.25, 0.3) is 0 Å². The first-order valence-electron chi connectivity index (χ1n) is 6.71. The largest absolute Gasteiger partial charge is 0.378 e. The first-order chi connectivity index (χ1) is 9.29. The lowest BCUT2D eigenvalue weighted by Crippen LogP contribution is -2.30. The number of anilines is 1. The number of nitrogens with zero attached hydrogens (tertiary/aromatic N) is 2. The molecule has 0 spiro atoms. The van der Waals surface area contributed by atoms with Crippen molar-refractivity contribution in [2.45, 2.75) is 31.8 Å². The third-order valence-corrected chi connectivity index (χ3v) is 3.18. The van der Waals surface area contributed by atoms with Crippen LogP contribution in [0.4, 0.5) is 5.82 Å². The van der Waals surface area contributed by atoms with E-state index in [1.54, 1.807) is 19.2 Å². The van der Waals surface area contributed by atoms with Gasteiger partial charge < -0.3 is 15.4 Å². The van der Waals surface area contributed by atoms with E-state index >= 15 is 0 Å². The number of ether oxygens (including phenoxy) is 1. The highest BCUT2D eigenvalue weighted by atomic mass is 16.5. The second-order valence-electron chi connectivity index (χ2n) is 4.59. The lowest BCUT2D eigenvalue weighted by atomic mass is 10.1. The van der Waals surface area contributed by atoms with E-state index in [0.29, 0.717) is 18.1 Å². The van der Waals surface area contributed by atoms with Crippen LogP contribution in [0.1, 0.15) is 36.2 Å². The molecule has 2 heterocycles. The third kappa shape index (κ3) is 4.17. The fourth-order valence-corrected chi connectivity index (χ4v) is 2.06. The molecule has 1 unspecified atom stereocenters. The third-order valence-electron chi connectivity index (χ3n) is 3.18. The van der Waals surface area contributed by atoms with Crippen molar-refractivity contribution in [1.82, 2.24) is 15.5 Å². The molecule has 0 saturated carbocycles. The number of amides is 1. The second kappa shape index (κ2) is 7.04. The van der Waals surface area contributed by atoms with Gasteiger partial charge in [-0.25, -0.2) is 0 Å². The standard InChI is InChI=1S/C13H20N4O2/c1-14-12-6-5-11(16-17-12)13(18)15-8-7-10-4-2-3-9-19-10/h5-6,10H,2-4,7-9H2,1H3,(H,14,17)(H,15,18). The van der Waals surface area contributed by atoms with Crippen molar-refractivity contribution >= 4 is 11.7 Å². The highest BCUT2D eigenvalue weighted by Crippen LogP contribution is 2.14. The molecule has 19 heavy (non-hydrogen) atoms. The number of carbonyl (C=O) groups is 1. The quantitative estimate of drug-likeness (QED) is 0.836. The van der Waals surface area contributed by atoms with Gasteiger partial charge in [0.25, 0.3) is 5.91 Å². The number of rotatable bonds is 5. The van der Waals surface area contributed by atoms with E-state index in [2.05, 4.69) is 20.8 Å². The van der Waals surface area contributed by atoms with Gasteiger partial charge in [-0.05, 0) is 37.8 Å². The molecule has 1 fully saturated rings. The summed E-state index contributed by atoms with van der Waals surface area (Å²) in [6.07, 6.45) is 4.60. The monoisotopic (exact) mass is 264 g/mol. The van der Waals surface area contributed by atoms with Crippen LogP contribution >= 0.6 is 0 Å². The summed E-state index contributed by atoms with van der Waals surface area (Å²) in [5, 5.41) is 13.4. The Morgan fingerprint density at radius 3 is 2.95 bits per heavy atom. The van der Waals surface area contributed by atoms with E-state index in [1.165, 1.54) is 6.42 Å². The zero-order valence-electron chi connectivity index (χ0n) is 11.2. The highest BCUT2D eigenvalue weighted by molar-refractivity contribution is 5.92. The van der Waals surface area contributed by atoms with Crippen LogP contribution in [-0.4, -0.2) is 42.4 Å². The van der Waals surface area contributed by atoms with E-state index in [0.717, 1.165) is 25.9 Å². The number of hydrogen-bond donors (Lipinski definition) is 2. The summed E-state index contributed by atoms with van der Waals surface area (Å²) >= 11 is 0. The van der Waals surface area contributed by atoms with E-state index in [9.17, 15) is 4.79 Å². The molecule has 1 aliphatic heterocycles. The van der Waals surface area contributed by atoms with Crippen molar-refractivity contribution in [3.05, 3.63) is 17.8 Å². The molecule has 6 heteroatoms. The van der Waals surface area contributed by atoms with Gasteiger partial charge in [0.1, 0.15) is 5.82 Å². The molecule has 0 aromatic carbocycles. The van der Waals surface area contributed by atoms with Crippen LogP contribution in [0.2, 0.25) is 0 Å². The Kier molecular flexibility index (Phi) is 5.09. The minimum absolute atomic E-state index is 0.189. The molecule has 104 valence electrons. The summed E-state index contributed by atoms with van der Waals surface area (Å²) in [5.41, 5.74) is 0.337. The van der Waals surface area contributed by atoms with Gasteiger partial charge in [0, 0.05) is 20.2 Å². The van der Waals surface area contributed by atoms with Crippen LogP contribution in [-0.2, 0) is 4.74 Å². The van der Waals surface area contributed by atoms with E-state index in [4.69, 9.17) is 4.74 Å². The van der Waals surface area contributed by atoms with Crippen LogP contribution < -0.4 is 10.6 Å². The molecule has 6 nitrogen and oxygen atoms in total. The molecule has 2 N–H and O–H groups in total. The molecular weight excluding hydrogens is 244 g/mol. The zero-order chi connectivity index (χ0) is 13.5. The summed E-state index contributed by atoms with van der Waals surface area (Å²) in [4.78, 5) is 11.8. The molecule has 1 aromatic heterocycles. The van der Waals surface area contributed by atoms with Crippen molar-refractivity contribution < 1.29 is 9.53 Å². The summed E-state index contributed by atoms with van der Waals surface area (Å²) in [7, 11) is 1.76. The maximum Gasteiger partial charge on any atom is 0.271 e. The lowest BCUT2D eigenvalue weighted by Gasteiger charge is -2.22. The van der Waals surface area contributed by atoms with E-state index < -0.39 is 0 Å². The van der Waals surface area contributed by atoms with Crippen LogP contribution in [0.5, 0.6) is 0 Å². The maximum absolute atomic E-state index is 11.8. The smallest absolute Gasteiger partial charge is 0.271 e. The SMILES string of the molecule is CNc1ccc(C(=O)NCCC2CCCCO2)nn1. The Morgan fingerprint density at radius 2 is 2.32 bits per heavy atom. The number of aromatic nitrogens is 2. The molecule has 1 amide bonds. The summed E-state index contributed by atoms with van der Waals surface area (Å²) in [6.45, 7) is 1.45. The highest BCUT2D eigenvalue weighted by Gasteiger charge is 2.14. The van der Waals surface area contributed by atoms with Crippen molar-refractivity contribution in [3.8, 4) is 0 Å². The molecule has 1 aromatic rings. The molecule has 0 aliphatic carbocycles. The van der Waals surface area contributed by atoms with Gasteiger partial charge in [-0.15, -0.1) is 10.2 Å². The topological polar surface area (TPSA) is 76.1 Å². The number of nitrogens with one attached hydrogen (secondary N) is 2. The first kappa shape index (κ1) is 13.7. The predicted octanol–water partition coefficient (Wildman–Crippen LogP) is 1.21. The summed E-state index contributed by atoms with van der Waals surface area (Å²) < 4.78 is 5.61. The van der Waals surface area contributed by atoms with Gasteiger partial charge in [-0.1, -0.05) is 0 Å². The average Bonchev–Trinajstić information content (AvgIpc) is 2.48. The van der Waals surface area contributed by atoms with Crippen molar-refractivity contribution in [2.24, 2.45) is 0 Å². The normalized spacial score (nSPS) is 18.9. The fourth-order valence-electron chi connectivity index (χ4n) is 2.06. The minimum Gasteiger partial charge on any atom is -0.378 e. The van der Waals surface area contributed by atoms with Crippen LogP contribution in [0.15, 0.2) is 12.1 Å². The Morgan fingerprint density at radius 1 is 1.42 bits per heavy atom. The van der Waals surface area contributed by atoms with Gasteiger partial charge in [-0.3, -0.25) is 4.79 Å². The van der Waals surface area contributed by atoms with Crippen molar-refractivity contribution in [3.63, 3.8) is 0 Å². The number of hydrogen-bond acceptors (Lipinski definition) is 5. The van der Waals surface area contributed by atoms with Crippen molar-refractivity contribution in [1.29, 1.82) is 0 Å². The Bertz CT molecular complexity index is 402. The van der Waals surface area contributed by atoms with E-state index in [-0.39, 0.29) is 12.0 Å². The van der Waals surface area contributed by atoms with Gasteiger partial charge in [0.15, 0.2) is 5.69 Å². The van der Waals surface area contributed by atoms with Crippen LogP contribution in [0.3, 0.4) is 0 Å². The van der Waals surface area contributed by atoms with Gasteiger partial charge in [0.05, 0.1) is 6.10 Å². The molecule has 1 aliphatic rings. The predicted molar refractivity (Wildman–Crippen MR) is 72.1 cm³/mol. The average molecular weight is 264 g/mol. The van der Waals surface area contributed by atoms with Gasteiger partial charge in [-0.2, -0.15) is 0 Å². The Hall–Kier alpha value is -1.69. The summed E-state index contributed by atoms with van der Waals surface area (Å²) in [5.74, 6) is 0.457. The maximum atomic E-state index is 11.8. The zero-order valence-corrected chi connectivity index (χ0v) is 11.2. The molecule has 1 atom stereocenters. The molecule has 0 radical (unpaired) electrons. The minimum atomic E-state index is -0.189. The summed E-state index contributed by atoms with van der Waals surface area (Å²) in [6, 6.07) is 3.39. The molecule has 0 bridgehead atoms. The van der Waals surface area contributed by atoms with Gasteiger partial charge >= 0.3 is 0 Å². The van der Waals surface area contributed by atoms with Crippen LogP contribution in [0, 0.1) is 0 Å². The Labute approximate surface area is 112 Å². The molecule has 1 saturated heterocycles. The lowest BCUT2D eigenvalue weighted by molar-refractivity contribution is 0.0117. The molecule has 2 rings (SSSR count). The fraction of sp³-hybridized carbons (Fsp3) is 0.615. The molecular formula is C13H20N4O2. The van der Waals surface area contributed by atoms with E-state index in [1.807, 2.05) is 0 Å². The number of carbonyl (C=O) groups excluding carboxylic acids is 1. The Balaban J connectivity index is 1.73. The second-order valence-corrected chi connectivity index (χ2v) is 4.59. The van der Waals surface area contributed by atoms with Crippen molar-refractivity contribution in [2.75, 3.05) is 25.5 Å². The first-order valence-corrected chi connectivity index (χ1v) is 6.71.